The Kier molecular flexibility index (Phi) is 5.92. The summed E-state index contributed by atoms with van der Waals surface area (Å²) in [7, 11) is 3.65. The Hall–Kier alpha value is -3.07. The van der Waals surface area contributed by atoms with Crippen LogP contribution in [0.5, 0.6) is 0 Å². The third-order valence-corrected chi connectivity index (χ3v) is 3.90. The Labute approximate surface area is 164 Å². The zero-order chi connectivity index (χ0) is 19.2. The normalized spacial score (nSPS) is 10.8. The summed E-state index contributed by atoms with van der Waals surface area (Å²) < 4.78 is 14.1. The van der Waals surface area contributed by atoms with Crippen LogP contribution in [0.1, 0.15) is 5.56 Å². The van der Waals surface area contributed by atoms with E-state index < -0.39 is 0 Å². The molecule has 138 valence electrons. The molecular weight excluding hydrogens is 413 g/mol. The van der Waals surface area contributed by atoms with E-state index in [-0.39, 0.29) is 11.8 Å². The Morgan fingerprint density at radius 1 is 0.963 bits per heavy atom. The quantitative estimate of drug-likeness (QED) is 0.454. The summed E-state index contributed by atoms with van der Waals surface area (Å²) in [5.41, 5.74) is 4.40. The molecule has 0 saturated heterocycles. The van der Waals surface area contributed by atoms with E-state index in [0.29, 0.717) is 17.6 Å². The second-order valence-corrected chi connectivity index (χ2v) is 6.65. The number of hydrogen-bond donors (Lipinski definition) is 2. The Bertz CT molecular complexity index is 927. The third-order valence-electron chi connectivity index (χ3n) is 3.37. The minimum absolute atomic E-state index is 0.284. The van der Waals surface area contributed by atoms with Crippen LogP contribution in [0, 0.1) is 5.82 Å². The predicted molar refractivity (Wildman–Crippen MR) is 109 cm³/mol. The molecule has 7 nitrogen and oxygen atoms in total. The van der Waals surface area contributed by atoms with Crippen LogP contribution < -0.4 is 15.6 Å². The van der Waals surface area contributed by atoms with E-state index in [4.69, 9.17) is 0 Å². The van der Waals surface area contributed by atoms with Crippen molar-refractivity contribution in [3.63, 3.8) is 0 Å². The van der Waals surface area contributed by atoms with Gasteiger partial charge in [-0.3, -0.25) is 0 Å². The number of halogens is 2. The number of nitrogens with one attached hydrogen (secondary N) is 2. The molecule has 2 N–H and O–H groups in total. The van der Waals surface area contributed by atoms with E-state index in [0.717, 1.165) is 10.0 Å². The highest BCUT2D eigenvalue weighted by Gasteiger charge is 2.08. The molecular formula is C18H17BrFN7. The fraction of sp³-hybridized carbons (Fsp3) is 0.111. The molecule has 27 heavy (non-hydrogen) atoms. The maximum atomic E-state index is 13.1. The first-order valence-corrected chi connectivity index (χ1v) is 8.79. The van der Waals surface area contributed by atoms with Crippen molar-refractivity contribution in [2.75, 3.05) is 29.7 Å². The molecule has 0 fully saturated rings. The Morgan fingerprint density at radius 3 is 2.30 bits per heavy atom. The van der Waals surface area contributed by atoms with E-state index in [9.17, 15) is 4.39 Å². The zero-order valence-electron chi connectivity index (χ0n) is 14.7. The van der Waals surface area contributed by atoms with Crippen LogP contribution in [0.25, 0.3) is 0 Å². The zero-order valence-corrected chi connectivity index (χ0v) is 16.3. The van der Waals surface area contributed by atoms with Crippen LogP contribution >= 0.6 is 15.9 Å². The van der Waals surface area contributed by atoms with Gasteiger partial charge in [-0.05, 0) is 42.0 Å². The molecule has 0 aliphatic rings. The van der Waals surface area contributed by atoms with Gasteiger partial charge in [0.15, 0.2) is 0 Å². The minimum atomic E-state index is -0.310. The van der Waals surface area contributed by atoms with Crippen molar-refractivity contribution >= 4 is 45.7 Å². The topological polar surface area (TPSA) is 78.3 Å². The molecule has 3 aromatic rings. The summed E-state index contributed by atoms with van der Waals surface area (Å²) in [6.45, 7) is 0. The van der Waals surface area contributed by atoms with Gasteiger partial charge in [-0.2, -0.15) is 20.1 Å². The van der Waals surface area contributed by atoms with Crippen LogP contribution in [0.15, 0.2) is 58.1 Å². The summed E-state index contributed by atoms with van der Waals surface area (Å²) >= 11 is 3.39. The SMILES string of the molecule is CN(C)c1nc(N/N=C\c2ccc(Br)cc2)nc(Nc2ccc(F)cc2)n1. The number of rotatable bonds is 6. The van der Waals surface area contributed by atoms with Gasteiger partial charge in [0.05, 0.1) is 6.21 Å². The van der Waals surface area contributed by atoms with Gasteiger partial charge < -0.3 is 10.2 Å². The predicted octanol–water partition coefficient (Wildman–Crippen LogP) is 4.03. The van der Waals surface area contributed by atoms with Crippen LogP contribution in [-0.2, 0) is 0 Å². The van der Waals surface area contributed by atoms with E-state index in [1.54, 1.807) is 23.2 Å². The highest BCUT2D eigenvalue weighted by Crippen LogP contribution is 2.17. The monoisotopic (exact) mass is 429 g/mol. The smallest absolute Gasteiger partial charge is 0.250 e. The highest BCUT2D eigenvalue weighted by molar-refractivity contribution is 9.10. The van der Waals surface area contributed by atoms with Crippen molar-refractivity contribution < 1.29 is 4.39 Å². The van der Waals surface area contributed by atoms with Gasteiger partial charge in [-0.15, -0.1) is 0 Å². The van der Waals surface area contributed by atoms with Gasteiger partial charge >= 0.3 is 0 Å². The molecule has 0 amide bonds. The molecule has 9 heteroatoms. The Morgan fingerprint density at radius 2 is 1.63 bits per heavy atom. The fourth-order valence-electron chi connectivity index (χ4n) is 2.05. The summed E-state index contributed by atoms with van der Waals surface area (Å²) in [5.74, 6) is 0.749. The van der Waals surface area contributed by atoms with Gasteiger partial charge in [-0.1, -0.05) is 28.1 Å². The lowest BCUT2D eigenvalue weighted by Crippen LogP contribution is -2.15. The average molecular weight is 430 g/mol. The molecule has 0 radical (unpaired) electrons. The first kappa shape index (κ1) is 18.7. The molecule has 0 saturated carbocycles. The average Bonchev–Trinajstić information content (AvgIpc) is 2.65. The van der Waals surface area contributed by atoms with Crippen LogP contribution in [-0.4, -0.2) is 35.3 Å². The molecule has 0 aliphatic carbocycles. The van der Waals surface area contributed by atoms with E-state index in [1.807, 2.05) is 38.4 Å². The number of nitrogens with zero attached hydrogens (tertiary/aromatic N) is 5. The standard InChI is InChI=1S/C18H17BrFN7/c1-27(2)18-24-16(22-15-9-7-14(20)8-10-15)23-17(25-18)26-21-11-12-3-5-13(19)6-4-12/h3-11H,1-2H3,(H2,22,23,24,25,26)/b21-11-. The van der Waals surface area contributed by atoms with Gasteiger partial charge in [0.2, 0.25) is 17.8 Å². The van der Waals surface area contributed by atoms with Crippen molar-refractivity contribution in [1.29, 1.82) is 0 Å². The van der Waals surface area contributed by atoms with Crippen LogP contribution in [0.4, 0.5) is 27.9 Å². The minimum Gasteiger partial charge on any atom is -0.347 e. The van der Waals surface area contributed by atoms with Crippen molar-refractivity contribution in [2.24, 2.45) is 5.10 Å². The van der Waals surface area contributed by atoms with Crippen LogP contribution in [0.3, 0.4) is 0 Å². The lowest BCUT2D eigenvalue weighted by atomic mass is 10.2. The summed E-state index contributed by atoms with van der Waals surface area (Å²) in [5, 5.41) is 7.19. The summed E-state index contributed by atoms with van der Waals surface area (Å²) in [6.07, 6.45) is 1.67. The second kappa shape index (κ2) is 8.54. The number of benzene rings is 2. The fourth-order valence-corrected chi connectivity index (χ4v) is 2.31. The maximum absolute atomic E-state index is 13.1. The van der Waals surface area contributed by atoms with Gasteiger partial charge in [0.25, 0.3) is 0 Å². The number of hydrogen-bond acceptors (Lipinski definition) is 7. The molecule has 3 rings (SSSR count). The van der Waals surface area contributed by atoms with E-state index >= 15 is 0 Å². The second-order valence-electron chi connectivity index (χ2n) is 5.73. The van der Waals surface area contributed by atoms with Gasteiger partial charge in [-0.25, -0.2) is 9.82 Å². The van der Waals surface area contributed by atoms with Crippen molar-refractivity contribution in [3.8, 4) is 0 Å². The number of anilines is 4. The molecule has 2 aromatic carbocycles. The highest BCUT2D eigenvalue weighted by atomic mass is 79.9. The Balaban J connectivity index is 1.78. The van der Waals surface area contributed by atoms with E-state index in [2.05, 4.69) is 46.7 Å². The molecule has 0 bridgehead atoms. The maximum Gasteiger partial charge on any atom is 0.250 e. The molecule has 0 unspecified atom stereocenters. The van der Waals surface area contributed by atoms with Crippen molar-refractivity contribution in [1.82, 2.24) is 15.0 Å². The lowest BCUT2D eigenvalue weighted by molar-refractivity contribution is 0.628. The van der Waals surface area contributed by atoms with Gasteiger partial charge in [0.1, 0.15) is 5.82 Å². The molecule has 1 heterocycles. The molecule has 1 aromatic heterocycles. The lowest BCUT2D eigenvalue weighted by Gasteiger charge is -2.13. The van der Waals surface area contributed by atoms with Crippen LogP contribution in [0.2, 0.25) is 0 Å². The van der Waals surface area contributed by atoms with Crippen molar-refractivity contribution in [2.45, 2.75) is 0 Å². The number of aromatic nitrogens is 3. The number of hydrazone groups is 1. The molecule has 0 spiro atoms. The van der Waals surface area contributed by atoms with E-state index in [1.165, 1.54) is 12.1 Å². The third kappa shape index (κ3) is 5.45. The first-order valence-electron chi connectivity index (χ1n) is 8.00. The molecule has 0 atom stereocenters. The summed E-state index contributed by atoms with van der Waals surface area (Å²) in [4.78, 5) is 14.7. The van der Waals surface area contributed by atoms with Crippen molar-refractivity contribution in [3.05, 3.63) is 64.4 Å². The molecule has 0 aliphatic heterocycles. The largest absolute Gasteiger partial charge is 0.347 e. The summed E-state index contributed by atoms with van der Waals surface area (Å²) in [6, 6.07) is 13.6. The first-order chi connectivity index (χ1) is 13.0. The van der Waals surface area contributed by atoms with Gasteiger partial charge in [0, 0.05) is 24.3 Å².